The predicted octanol–water partition coefficient (Wildman–Crippen LogP) is 2.67. The van der Waals surface area contributed by atoms with Gasteiger partial charge in [0, 0.05) is 6.54 Å². The molecule has 0 saturated heterocycles. The largest absolute Gasteiger partial charge is 0.326 e. The highest BCUT2D eigenvalue weighted by atomic mass is 14.5. The van der Waals surface area contributed by atoms with Gasteiger partial charge in [-0.2, -0.15) is 0 Å². The number of allylic oxidation sites excluding steroid dienone is 1. The van der Waals surface area contributed by atoms with E-state index in [9.17, 15) is 0 Å². The van der Waals surface area contributed by atoms with Crippen molar-refractivity contribution in [1.82, 2.24) is 0 Å². The van der Waals surface area contributed by atoms with Gasteiger partial charge < -0.3 is 5.73 Å². The Morgan fingerprint density at radius 1 is 1.46 bits per heavy atom. The second-order valence-electron chi connectivity index (χ2n) is 3.66. The summed E-state index contributed by atoms with van der Waals surface area (Å²) in [5.74, 6) is 0.645. The van der Waals surface area contributed by atoms with Crippen LogP contribution >= 0.6 is 0 Å². The molecule has 1 aliphatic carbocycles. The van der Waals surface area contributed by atoms with Crippen LogP contribution in [0.2, 0.25) is 0 Å². The average Bonchev–Trinajstić information content (AvgIpc) is 2.18. The lowest BCUT2D eigenvalue weighted by atomic mass is 9.86. The van der Waals surface area contributed by atoms with Gasteiger partial charge >= 0.3 is 0 Å². The molecular weight excluding hydrogens is 158 g/mol. The van der Waals surface area contributed by atoms with E-state index in [1.807, 2.05) is 0 Å². The highest BCUT2D eigenvalue weighted by molar-refractivity contribution is 5.61. The maximum atomic E-state index is 5.69. The van der Waals surface area contributed by atoms with Crippen molar-refractivity contribution in [3.8, 4) is 0 Å². The lowest BCUT2D eigenvalue weighted by molar-refractivity contribution is 0.768. The third-order valence-electron chi connectivity index (χ3n) is 2.76. The van der Waals surface area contributed by atoms with E-state index >= 15 is 0 Å². The number of fused-ring (bicyclic) bond motifs is 1. The monoisotopic (exact) mass is 173 g/mol. The van der Waals surface area contributed by atoms with Crippen LogP contribution in [0.25, 0.3) is 6.08 Å². The van der Waals surface area contributed by atoms with E-state index in [1.54, 1.807) is 0 Å². The molecule has 0 spiro atoms. The fourth-order valence-corrected chi connectivity index (χ4v) is 1.96. The Kier molecular flexibility index (Phi) is 2.19. The molecule has 2 N–H and O–H groups in total. The van der Waals surface area contributed by atoms with E-state index in [0.717, 1.165) is 6.42 Å². The smallest absolute Gasteiger partial charge is 0.0184 e. The minimum atomic E-state index is 0.639. The molecule has 0 aromatic heterocycles. The molecule has 1 atom stereocenters. The minimum absolute atomic E-state index is 0.639. The highest BCUT2D eigenvalue weighted by Gasteiger charge is 2.13. The molecule has 1 aromatic rings. The zero-order chi connectivity index (χ0) is 9.26. The minimum Gasteiger partial charge on any atom is -0.326 e. The second-order valence-corrected chi connectivity index (χ2v) is 3.66. The van der Waals surface area contributed by atoms with Gasteiger partial charge in [-0.25, -0.2) is 0 Å². The Balaban J connectivity index is 2.56. The lowest BCUT2D eigenvalue weighted by Gasteiger charge is -2.19. The van der Waals surface area contributed by atoms with Crippen LogP contribution < -0.4 is 5.73 Å². The molecule has 0 aliphatic heterocycles. The number of rotatable bonds is 1. The standard InChI is InChI=1S/C12H15N/c1-9-4-2-7-12-10(8-13)5-3-6-11(9)12/h2-3,5-7,9H,4,8,13H2,1H3. The van der Waals surface area contributed by atoms with Gasteiger partial charge in [-0.15, -0.1) is 0 Å². The molecule has 0 heterocycles. The molecule has 0 amide bonds. The molecule has 1 aromatic carbocycles. The normalized spacial score (nSPS) is 20.0. The average molecular weight is 173 g/mol. The molecule has 1 heteroatoms. The zero-order valence-electron chi connectivity index (χ0n) is 7.96. The molecular formula is C12H15N. The van der Waals surface area contributed by atoms with Crippen LogP contribution in [-0.2, 0) is 6.54 Å². The van der Waals surface area contributed by atoms with Crippen molar-refractivity contribution in [2.75, 3.05) is 0 Å². The summed E-state index contributed by atoms with van der Waals surface area (Å²) in [6, 6.07) is 6.43. The molecule has 68 valence electrons. The van der Waals surface area contributed by atoms with E-state index in [-0.39, 0.29) is 0 Å². The van der Waals surface area contributed by atoms with Crippen molar-refractivity contribution in [3.63, 3.8) is 0 Å². The topological polar surface area (TPSA) is 26.0 Å². The van der Waals surface area contributed by atoms with Crippen molar-refractivity contribution in [3.05, 3.63) is 41.0 Å². The van der Waals surface area contributed by atoms with Crippen LogP contribution in [0.4, 0.5) is 0 Å². The summed E-state index contributed by atoms with van der Waals surface area (Å²) in [5.41, 5.74) is 9.75. The van der Waals surface area contributed by atoms with Crippen molar-refractivity contribution < 1.29 is 0 Å². The van der Waals surface area contributed by atoms with E-state index in [2.05, 4.69) is 37.3 Å². The van der Waals surface area contributed by atoms with Gasteiger partial charge in [0.25, 0.3) is 0 Å². The number of benzene rings is 1. The quantitative estimate of drug-likeness (QED) is 0.694. The van der Waals surface area contributed by atoms with Gasteiger partial charge in [0.2, 0.25) is 0 Å². The Bertz CT molecular complexity index is 339. The molecule has 1 nitrogen and oxygen atoms in total. The predicted molar refractivity (Wildman–Crippen MR) is 56.4 cm³/mol. The molecule has 1 aliphatic rings. The van der Waals surface area contributed by atoms with Crippen LogP contribution in [0.5, 0.6) is 0 Å². The number of hydrogen-bond acceptors (Lipinski definition) is 1. The molecule has 0 fully saturated rings. The lowest BCUT2D eigenvalue weighted by Crippen LogP contribution is -2.06. The van der Waals surface area contributed by atoms with Crippen molar-refractivity contribution in [1.29, 1.82) is 0 Å². The summed E-state index contributed by atoms with van der Waals surface area (Å²) in [5, 5.41) is 0. The first-order valence-electron chi connectivity index (χ1n) is 4.81. The Labute approximate surface area is 79.3 Å². The third-order valence-corrected chi connectivity index (χ3v) is 2.76. The summed E-state index contributed by atoms with van der Waals surface area (Å²) in [7, 11) is 0. The van der Waals surface area contributed by atoms with Gasteiger partial charge in [-0.05, 0) is 29.0 Å². The van der Waals surface area contributed by atoms with E-state index in [1.165, 1.54) is 16.7 Å². The first kappa shape index (κ1) is 8.52. The van der Waals surface area contributed by atoms with E-state index in [0.29, 0.717) is 12.5 Å². The summed E-state index contributed by atoms with van der Waals surface area (Å²) in [6.45, 7) is 2.91. The van der Waals surface area contributed by atoms with Gasteiger partial charge in [0.1, 0.15) is 0 Å². The SMILES string of the molecule is CC1CC=Cc2c(CN)cccc21. The van der Waals surface area contributed by atoms with Crippen molar-refractivity contribution in [2.45, 2.75) is 25.8 Å². The Hall–Kier alpha value is -1.08. The summed E-state index contributed by atoms with van der Waals surface area (Å²) >= 11 is 0. The molecule has 2 rings (SSSR count). The fourth-order valence-electron chi connectivity index (χ4n) is 1.96. The number of hydrogen-bond donors (Lipinski definition) is 1. The molecule has 0 radical (unpaired) electrons. The Morgan fingerprint density at radius 3 is 3.08 bits per heavy atom. The van der Waals surface area contributed by atoms with Crippen molar-refractivity contribution in [2.24, 2.45) is 5.73 Å². The number of nitrogens with two attached hydrogens (primary N) is 1. The maximum Gasteiger partial charge on any atom is 0.0184 e. The summed E-state index contributed by atoms with van der Waals surface area (Å²) in [6.07, 6.45) is 5.60. The maximum absolute atomic E-state index is 5.69. The Morgan fingerprint density at radius 2 is 2.31 bits per heavy atom. The van der Waals surface area contributed by atoms with Crippen LogP contribution in [0.15, 0.2) is 24.3 Å². The van der Waals surface area contributed by atoms with Gasteiger partial charge in [0.15, 0.2) is 0 Å². The third kappa shape index (κ3) is 1.40. The van der Waals surface area contributed by atoms with Crippen LogP contribution in [-0.4, -0.2) is 0 Å². The summed E-state index contributed by atoms with van der Waals surface area (Å²) in [4.78, 5) is 0. The molecule has 0 saturated carbocycles. The van der Waals surface area contributed by atoms with Crippen LogP contribution in [0, 0.1) is 0 Å². The van der Waals surface area contributed by atoms with Crippen molar-refractivity contribution >= 4 is 6.08 Å². The summed E-state index contributed by atoms with van der Waals surface area (Å²) < 4.78 is 0. The van der Waals surface area contributed by atoms with Crippen LogP contribution in [0.1, 0.15) is 36.0 Å². The first-order valence-corrected chi connectivity index (χ1v) is 4.81. The first-order chi connectivity index (χ1) is 6.33. The zero-order valence-corrected chi connectivity index (χ0v) is 7.96. The molecule has 0 bridgehead atoms. The molecule has 13 heavy (non-hydrogen) atoms. The van der Waals surface area contributed by atoms with Gasteiger partial charge in [-0.1, -0.05) is 37.3 Å². The van der Waals surface area contributed by atoms with Gasteiger partial charge in [0.05, 0.1) is 0 Å². The second kappa shape index (κ2) is 3.35. The van der Waals surface area contributed by atoms with E-state index in [4.69, 9.17) is 5.73 Å². The van der Waals surface area contributed by atoms with Gasteiger partial charge in [-0.3, -0.25) is 0 Å². The highest BCUT2D eigenvalue weighted by Crippen LogP contribution is 2.30. The molecule has 1 unspecified atom stereocenters. The van der Waals surface area contributed by atoms with Crippen LogP contribution in [0.3, 0.4) is 0 Å². The fraction of sp³-hybridized carbons (Fsp3) is 0.333. The van der Waals surface area contributed by atoms with E-state index < -0.39 is 0 Å².